The van der Waals surface area contributed by atoms with E-state index in [1.165, 1.54) is 25.3 Å². The van der Waals surface area contributed by atoms with Crippen LogP contribution in [0.5, 0.6) is 5.75 Å². The van der Waals surface area contributed by atoms with Crippen LogP contribution in [-0.4, -0.2) is 18.1 Å². The molecule has 1 heterocycles. The molecule has 0 N–H and O–H groups in total. The van der Waals surface area contributed by atoms with E-state index in [4.69, 9.17) is 9.47 Å². The van der Waals surface area contributed by atoms with E-state index in [0.717, 1.165) is 18.2 Å². The summed E-state index contributed by atoms with van der Waals surface area (Å²) in [5, 5.41) is 0. The standard InChI is InChI=1S/C26H20F5NO3/c1-34-25(33)23-7-3-6-22(32-23)19-5-2-4-18(19)20-12-16(26(29,30)31)9-11-24(20)35-14-15-8-10-17(27)13-21(15)28/h3,6-13H,2,4-5,14H2,1H3. The molecule has 2 aromatic carbocycles. The summed E-state index contributed by atoms with van der Waals surface area (Å²) in [6.07, 6.45) is -2.92. The number of allylic oxidation sites excluding steroid dienone is 2. The molecule has 182 valence electrons. The average molecular weight is 489 g/mol. The first-order valence-corrected chi connectivity index (χ1v) is 10.7. The predicted octanol–water partition coefficient (Wildman–Crippen LogP) is 6.84. The molecule has 3 aromatic rings. The van der Waals surface area contributed by atoms with Gasteiger partial charge in [-0.3, -0.25) is 0 Å². The number of halogens is 5. The van der Waals surface area contributed by atoms with Gasteiger partial charge in [0.1, 0.15) is 29.7 Å². The molecular formula is C26H20F5NO3. The van der Waals surface area contributed by atoms with Gasteiger partial charge in [-0.1, -0.05) is 6.07 Å². The monoisotopic (exact) mass is 489 g/mol. The molecule has 0 saturated heterocycles. The van der Waals surface area contributed by atoms with Crippen LogP contribution in [0.1, 0.15) is 52.1 Å². The molecule has 35 heavy (non-hydrogen) atoms. The minimum Gasteiger partial charge on any atom is -0.488 e. The summed E-state index contributed by atoms with van der Waals surface area (Å²) in [5.41, 5.74) is 1.23. The smallest absolute Gasteiger partial charge is 0.416 e. The SMILES string of the molecule is COC(=O)c1cccc(C2=C(c3cc(C(F)(F)F)ccc3OCc3ccc(F)cc3F)CCC2)n1. The Bertz CT molecular complexity index is 1300. The number of pyridine rings is 1. The van der Waals surface area contributed by atoms with E-state index in [-0.39, 0.29) is 29.2 Å². The van der Waals surface area contributed by atoms with Crippen LogP contribution in [0, 0.1) is 11.6 Å². The van der Waals surface area contributed by atoms with E-state index >= 15 is 0 Å². The maximum atomic E-state index is 14.1. The number of benzene rings is 2. The highest BCUT2D eigenvalue weighted by molar-refractivity contribution is 5.94. The number of esters is 1. The van der Waals surface area contributed by atoms with E-state index in [1.807, 2.05) is 0 Å². The van der Waals surface area contributed by atoms with Crippen molar-refractivity contribution in [1.82, 2.24) is 4.98 Å². The minimum atomic E-state index is -4.58. The number of hydrogen-bond acceptors (Lipinski definition) is 4. The largest absolute Gasteiger partial charge is 0.488 e. The van der Waals surface area contributed by atoms with Crippen molar-refractivity contribution < 1.29 is 36.2 Å². The van der Waals surface area contributed by atoms with Gasteiger partial charge < -0.3 is 9.47 Å². The zero-order valence-corrected chi connectivity index (χ0v) is 18.6. The van der Waals surface area contributed by atoms with Crippen molar-refractivity contribution in [3.63, 3.8) is 0 Å². The Morgan fingerprint density at radius 2 is 1.77 bits per heavy atom. The Balaban J connectivity index is 1.78. The molecule has 1 aromatic heterocycles. The van der Waals surface area contributed by atoms with Crippen molar-refractivity contribution in [2.75, 3.05) is 7.11 Å². The average Bonchev–Trinajstić information content (AvgIpc) is 3.32. The quantitative estimate of drug-likeness (QED) is 0.281. The van der Waals surface area contributed by atoms with Crippen LogP contribution in [0.15, 0.2) is 54.6 Å². The number of carbonyl (C=O) groups is 1. The molecule has 0 fully saturated rings. The van der Waals surface area contributed by atoms with Gasteiger partial charge in [0.15, 0.2) is 0 Å². The van der Waals surface area contributed by atoms with Crippen molar-refractivity contribution >= 4 is 17.1 Å². The van der Waals surface area contributed by atoms with Crippen LogP contribution in [0.4, 0.5) is 22.0 Å². The second kappa shape index (κ2) is 9.85. The first-order valence-electron chi connectivity index (χ1n) is 10.7. The van der Waals surface area contributed by atoms with Crippen molar-refractivity contribution in [1.29, 1.82) is 0 Å². The number of nitrogens with zero attached hydrogens (tertiary/aromatic N) is 1. The van der Waals surface area contributed by atoms with E-state index in [0.29, 0.717) is 42.2 Å². The van der Waals surface area contributed by atoms with Crippen molar-refractivity contribution in [2.24, 2.45) is 0 Å². The van der Waals surface area contributed by atoms with E-state index in [1.54, 1.807) is 12.1 Å². The van der Waals surface area contributed by atoms with Gasteiger partial charge in [-0.15, -0.1) is 0 Å². The topological polar surface area (TPSA) is 48.4 Å². The molecule has 0 unspecified atom stereocenters. The van der Waals surface area contributed by atoms with E-state index in [2.05, 4.69) is 4.98 Å². The van der Waals surface area contributed by atoms with Crippen molar-refractivity contribution in [3.8, 4) is 5.75 Å². The van der Waals surface area contributed by atoms with Crippen molar-refractivity contribution in [3.05, 3.63) is 94.3 Å². The summed E-state index contributed by atoms with van der Waals surface area (Å²) < 4.78 is 78.3. The van der Waals surface area contributed by atoms with E-state index < -0.39 is 29.3 Å². The second-order valence-electron chi connectivity index (χ2n) is 7.94. The Morgan fingerprint density at radius 1 is 1.00 bits per heavy atom. The highest BCUT2D eigenvalue weighted by Gasteiger charge is 2.32. The van der Waals surface area contributed by atoms with Crippen molar-refractivity contribution in [2.45, 2.75) is 32.0 Å². The summed E-state index contributed by atoms with van der Waals surface area (Å²) in [4.78, 5) is 16.2. The molecule has 0 aliphatic heterocycles. The van der Waals surface area contributed by atoms with Gasteiger partial charge in [-0.2, -0.15) is 13.2 Å². The molecule has 0 spiro atoms. The molecule has 4 nitrogen and oxygen atoms in total. The molecule has 1 aliphatic carbocycles. The van der Waals surface area contributed by atoms with Crippen LogP contribution in [0.3, 0.4) is 0 Å². The highest BCUT2D eigenvalue weighted by Crippen LogP contribution is 2.44. The third-order valence-electron chi connectivity index (χ3n) is 5.70. The van der Waals surface area contributed by atoms with E-state index in [9.17, 15) is 26.7 Å². The number of rotatable bonds is 6. The highest BCUT2D eigenvalue weighted by atomic mass is 19.4. The predicted molar refractivity (Wildman–Crippen MR) is 118 cm³/mol. The summed E-state index contributed by atoms with van der Waals surface area (Å²) in [5.74, 6) is -2.07. The van der Waals surface area contributed by atoms with Crippen LogP contribution in [-0.2, 0) is 17.5 Å². The maximum absolute atomic E-state index is 14.1. The first kappa shape index (κ1) is 24.4. The fraction of sp³-hybridized carbons (Fsp3) is 0.231. The lowest BCUT2D eigenvalue weighted by atomic mass is 9.97. The zero-order valence-electron chi connectivity index (χ0n) is 18.6. The fourth-order valence-corrected chi connectivity index (χ4v) is 4.01. The molecule has 4 rings (SSSR count). The van der Waals surface area contributed by atoms with Crippen LogP contribution < -0.4 is 4.74 Å². The second-order valence-corrected chi connectivity index (χ2v) is 7.94. The zero-order chi connectivity index (χ0) is 25.2. The van der Waals surface area contributed by atoms with Gasteiger partial charge in [0.05, 0.1) is 18.4 Å². The summed E-state index contributed by atoms with van der Waals surface area (Å²) >= 11 is 0. The number of aromatic nitrogens is 1. The molecule has 0 bridgehead atoms. The minimum absolute atomic E-state index is 0.0605. The Hall–Kier alpha value is -3.75. The lowest BCUT2D eigenvalue weighted by Gasteiger charge is -2.17. The molecule has 0 radical (unpaired) electrons. The van der Waals surface area contributed by atoms with Crippen LogP contribution >= 0.6 is 0 Å². The summed E-state index contributed by atoms with van der Waals surface area (Å²) in [6.45, 7) is -0.302. The Morgan fingerprint density at radius 3 is 2.49 bits per heavy atom. The summed E-state index contributed by atoms with van der Waals surface area (Å²) in [7, 11) is 1.23. The number of carbonyl (C=O) groups excluding carboxylic acids is 1. The first-order chi connectivity index (χ1) is 16.7. The number of ether oxygens (including phenoxy) is 2. The third kappa shape index (κ3) is 5.34. The van der Waals surface area contributed by atoms with Crippen LogP contribution in [0.25, 0.3) is 11.1 Å². The van der Waals surface area contributed by atoms with Gasteiger partial charge >= 0.3 is 12.1 Å². The molecule has 9 heteroatoms. The fourth-order valence-electron chi connectivity index (χ4n) is 4.01. The molecule has 0 amide bonds. The number of hydrogen-bond donors (Lipinski definition) is 0. The lowest BCUT2D eigenvalue weighted by molar-refractivity contribution is -0.137. The number of alkyl halides is 3. The van der Waals surface area contributed by atoms with Gasteiger partial charge in [0, 0.05) is 17.2 Å². The normalized spacial score (nSPS) is 13.8. The molecule has 1 aliphatic rings. The lowest BCUT2D eigenvalue weighted by Crippen LogP contribution is -2.08. The van der Waals surface area contributed by atoms with Gasteiger partial charge in [-0.05, 0) is 72.9 Å². The molecule has 0 atom stereocenters. The Kier molecular flexibility index (Phi) is 6.86. The van der Waals surface area contributed by atoms with Gasteiger partial charge in [-0.25, -0.2) is 18.6 Å². The van der Waals surface area contributed by atoms with Crippen LogP contribution in [0.2, 0.25) is 0 Å². The molecular weight excluding hydrogens is 469 g/mol. The van der Waals surface area contributed by atoms with Gasteiger partial charge in [0.25, 0.3) is 0 Å². The third-order valence-corrected chi connectivity index (χ3v) is 5.70. The maximum Gasteiger partial charge on any atom is 0.416 e. The Labute approximate surface area is 198 Å². The van der Waals surface area contributed by atoms with Gasteiger partial charge in [0.2, 0.25) is 0 Å². The number of methoxy groups -OCH3 is 1. The molecule has 0 saturated carbocycles. The summed E-state index contributed by atoms with van der Waals surface area (Å²) in [6, 6.07) is 10.9.